The van der Waals surface area contributed by atoms with Gasteiger partial charge in [-0.3, -0.25) is 4.79 Å². The molecule has 1 amide bonds. The van der Waals surface area contributed by atoms with Gasteiger partial charge in [0.05, 0.1) is 11.6 Å². The minimum atomic E-state index is -0.192. The van der Waals surface area contributed by atoms with E-state index in [1.807, 2.05) is 19.1 Å². The van der Waals surface area contributed by atoms with Crippen molar-refractivity contribution in [2.75, 3.05) is 13.2 Å². The van der Waals surface area contributed by atoms with Crippen LogP contribution >= 0.6 is 23.2 Å². The summed E-state index contributed by atoms with van der Waals surface area (Å²) in [5.74, 6) is 1.21. The Balaban J connectivity index is 1.49. The third kappa shape index (κ3) is 4.80. The molecule has 0 saturated heterocycles. The largest absolute Gasteiger partial charge is 0.493 e. The van der Waals surface area contributed by atoms with Crippen LogP contribution in [0.3, 0.4) is 0 Å². The van der Waals surface area contributed by atoms with Crippen LogP contribution < -0.4 is 14.8 Å². The zero-order valence-corrected chi connectivity index (χ0v) is 15.4. The van der Waals surface area contributed by atoms with Crippen LogP contribution in [0, 0.1) is 0 Å². The van der Waals surface area contributed by atoms with Crippen LogP contribution in [0.15, 0.2) is 36.4 Å². The van der Waals surface area contributed by atoms with Crippen molar-refractivity contribution in [2.45, 2.75) is 25.8 Å². The molecule has 0 saturated carbocycles. The highest BCUT2D eigenvalue weighted by atomic mass is 35.5. The number of benzene rings is 2. The summed E-state index contributed by atoms with van der Waals surface area (Å²) in [6, 6.07) is 11.1. The maximum Gasteiger partial charge on any atom is 0.258 e. The normalized spacial score (nSPS) is 13.7. The van der Waals surface area contributed by atoms with E-state index in [9.17, 15) is 4.79 Å². The van der Waals surface area contributed by atoms with E-state index in [-0.39, 0.29) is 18.6 Å². The zero-order valence-electron chi connectivity index (χ0n) is 13.9. The lowest BCUT2D eigenvalue weighted by molar-refractivity contribution is -0.123. The number of hydrogen-bond donors (Lipinski definition) is 1. The third-order valence-electron chi connectivity index (χ3n) is 3.96. The molecule has 0 aliphatic carbocycles. The van der Waals surface area contributed by atoms with Gasteiger partial charge < -0.3 is 14.8 Å². The fourth-order valence-electron chi connectivity index (χ4n) is 2.82. The quantitative estimate of drug-likeness (QED) is 0.823. The number of amides is 1. The Bertz CT molecular complexity index is 779. The summed E-state index contributed by atoms with van der Waals surface area (Å²) < 4.78 is 11.0. The lowest BCUT2D eigenvalue weighted by atomic mass is 10.0. The fraction of sp³-hybridized carbons (Fsp3) is 0.316. The lowest BCUT2D eigenvalue weighted by Crippen LogP contribution is -2.37. The van der Waals surface area contributed by atoms with Crippen molar-refractivity contribution in [3.05, 3.63) is 57.6 Å². The Kier molecular flexibility index (Phi) is 5.71. The molecule has 1 atom stereocenters. The summed E-state index contributed by atoms with van der Waals surface area (Å²) in [6.07, 6.45) is 1.69. The molecule has 1 aliphatic heterocycles. The van der Waals surface area contributed by atoms with Crippen LogP contribution in [0.25, 0.3) is 0 Å². The molecular formula is C19H19Cl2NO3. The maximum atomic E-state index is 12.1. The van der Waals surface area contributed by atoms with Crippen LogP contribution in [0.1, 0.15) is 18.1 Å². The molecule has 3 rings (SSSR count). The first-order valence-electron chi connectivity index (χ1n) is 8.13. The van der Waals surface area contributed by atoms with Gasteiger partial charge in [0.2, 0.25) is 0 Å². The highest BCUT2D eigenvalue weighted by Gasteiger charge is 2.14. The molecule has 25 heavy (non-hydrogen) atoms. The predicted octanol–water partition coefficient (Wildman–Crippen LogP) is 4.05. The van der Waals surface area contributed by atoms with Crippen LogP contribution in [-0.4, -0.2) is 25.2 Å². The van der Waals surface area contributed by atoms with Gasteiger partial charge in [0, 0.05) is 17.5 Å². The van der Waals surface area contributed by atoms with E-state index in [0.717, 1.165) is 25.2 Å². The summed E-state index contributed by atoms with van der Waals surface area (Å²) in [5, 5.41) is 3.84. The SMILES string of the molecule is CC(Cc1ccc2c(c1)CCO2)NC(=O)COc1ccc(Cl)cc1Cl. The number of rotatable bonds is 6. The molecule has 4 nitrogen and oxygen atoms in total. The van der Waals surface area contributed by atoms with Gasteiger partial charge >= 0.3 is 0 Å². The zero-order chi connectivity index (χ0) is 17.8. The van der Waals surface area contributed by atoms with Gasteiger partial charge in [-0.1, -0.05) is 35.3 Å². The number of fused-ring (bicyclic) bond motifs is 1. The maximum absolute atomic E-state index is 12.1. The minimum absolute atomic E-state index is 0.00263. The smallest absolute Gasteiger partial charge is 0.258 e. The van der Waals surface area contributed by atoms with Gasteiger partial charge in [-0.2, -0.15) is 0 Å². The standard InChI is InChI=1S/C19H19Cl2NO3/c1-12(8-13-2-4-17-14(9-13)6-7-24-17)22-19(23)11-25-18-5-3-15(20)10-16(18)21/h2-5,9-10,12H,6-8,11H2,1H3,(H,22,23). The number of carbonyl (C=O) groups is 1. The fourth-order valence-corrected chi connectivity index (χ4v) is 3.29. The number of hydrogen-bond acceptors (Lipinski definition) is 3. The number of halogens is 2. The molecule has 132 valence electrons. The van der Waals surface area contributed by atoms with Crippen molar-refractivity contribution in [1.82, 2.24) is 5.32 Å². The second-order valence-corrected chi connectivity index (χ2v) is 6.92. The highest BCUT2D eigenvalue weighted by Crippen LogP contribution is 2.28. The third-order valence-corrected chi connectivity index (χ3v) is 4.49. The first-order valence-corrected chi connectivity index (χ1v) is 8.88. The molecule has 0 radical (unpaired) electrons. The second-order valence-electron chi connectivity index (χ2n) is 6.08. The van der Waals surface area contributed by atoms with E-state index < -0.39 is 0 Å². The molecule has 0 bridgehead atoms. The van der Waals surface area contributed by atoms with E-state index >= 15 is 0 Å². The average Bonchev–Trinajstić information content (AvgIpc) is 3.01. The monoisotopic (exact) mass is 379 g/mol. The molecule has 1 unspecified atom stereocenters. The molecule has 0 fully saturated rings. The van der Waals surface area contributed by atoms with E-state index in [2.05, 4.69) is 11.4 Å². The predicted molar refractivity (Wildman–Crippen MR) is 98.9 cm³/mol. The van der Waals surface area contributed by atoms with E-state index in [0.29, 0.717) is 15.8 Å². The molecule has 6 heteroatoms. The molecule has 1 N–H and O–H groups in total. The van der Waals surface area contributed by atoms with Crippen LogP contribution in [0.2, 0.25) is 10.0 Å². The van der Waals surface area contributed by atoms with Crippen molar-refractivity contribution in [3.8, 4) is 11.5 Å². The summed E-state index contributed by atoms with van der Waals surface area (Å²) in [5.41, 5.74) is 2.41. The van der Waals surface area contributed by atoms with E-state index in [4.69, 9.17) is 32.7 Å². The molecule has 0 spiro atoms. The Morgan fingerprint density at radius 2 is 2.12 bits per heavy atom. The first-order chi connectivity index (χ1) is 12.0. The van der Waals surface area contributed by atoms with Gasteiger partial charge in [-0.15, -0.1) is 0 Å². The first kappa shape index (κ1) is 17.9. The summed E-state index contributed by atoms with van der Waals surface area (Å²) in [6.45, 7) is 2.62. The molecule has 2 aromatic rings. The van der Waals surface area contributed by atoms with Crippen molar-refractivity contribution >= 4 is 29.1 Å². The van der Waals surface area contributed by atoms with Crippen molar-refractivity contribution in [2.24, 2.45) is 0 Å². The van der Waals surface area contributed by atoms with Crippen LogP contribution in [0.5, 0.6) is 11.5 Å². The van der Waals surface area contributed by atoms with Gasteiger partial charge in [-0.05, 0) is 48.7 Å². The van der Waals surface area contributed by atoms with Gasteiger partial charge in [0.1, 0.15) is 11.5 Å². The number of carbonyl (C=O) groups excluding carboxylic acids is 1. The Morgan fingerprint density at radius 1 is 1.28 bits per heavy atom. The summed E-state index contributed by atoms with van der Waals surface area (Å²) in [7, 11) is 0. The van der Waals surface area contributed by atoms with Crippen molar-refractivity contribution in [3.63, 3.8) is 0 Å². The Hall–Kier alpha value is -1.91. The number of ether oxygens (including phenoxy) is 2. The second kappa shape index (κ2) is 7.98. The molecule has 2 aromatic carbocycles. The molecular weight excluding hydrogens is 361 g/mol. The minimum Gasteiger partial charge on any atom is -0.493 e. The number of nitrogens with one attached hydrogen (secondary N) is 1. The Morgan fingerprint density at radius 3 is 2.92 bits per heavy atom. The molecule has 1 heterocycles. The topological polar surface area (TPSA) is 47.6 Å². The van der Waals surface area contributed by atoms with Crippen molar-refractivity contribution in [1.29, 1.82) is 0 Å². The highest BCUT2D eigenvalue weighted by molar-refractivity contribution is 6.35. The van der Waals surface area contributed by atoms with E-state index in [1.54, 1.807) is 18.2 Å². The average molecular weight is 380 g/mol. The molecule has 1 aliphatic rings. The van der Waals surface area contributed by atoms with Crippen molar-refractivity contribution < 1.29 is 14.3 Å². The summed E-state index contributed by atoms with van der Waals surface area (Å²) in [4.78, 5) is 12.1. The van der Waals surface area contributed by atoms with Gasteiger partial charge in [0.25, 0.3) is 5.91 Å². The molecule has 0 aromatic heterocycles. The lowest BCUT2D eigenvalue weighted by Gasteiger charge is -2.15. The van der Waals surface area contributed by atoms with Crippen LogP contribution in [-0.2, 0) is 17.6 Å². The Labute approximate surface area is 157 Å². The van der Waals surface area contributed by atoms with Gasteiger partial charge in [0.15, 0.2) is 6.61 Å². The van der Waals surface area contributed by atoms with Crippen LogP contribution in [0.4, 0.5) is 0 Å². The summed E-state index contributed by atoms with van der Waals surface area (Å²) >= 11 is 11.9. The van der Waals surface area contributed by atoms with E-state index in [1.165, 1.54) is 11.1 Å². The van der Waals surface area contributed by atoms with Gasteiger partial charge in [-0.25, -0.2) is 0 Å².